The Morgan fingerprint density at radius 1 is 1.41 bits per heavy atom. The second-order valence-corrected chi connectivity index (χ2v) is 7.44. The van der Waals surface area contributed by atoms with Gasteiger partial charge in [0.25, 0.3) is 0 Å². The fourth-order valence-corrected chi connectivity index (χ4v) is 3.65. The molecule has 1 heterocycles. The van der Waals surface area contributed by atoms with Gasteiger partial charge < -0.3 is 10.6 Å². The summed E-state index contributed by atoms with van der Waals surface area (Å²) in [5, 5.41) is 6.10. The Kier molecular flexibility index (Phi) is 5.55. The van der Waals surface area contributed by atoms with Crippen LogP contribution in [0.5, 0.6) is 0 Å². The number of carbonyl (C=O) groups excluding carboxylic acids is 1. The Balaban J connectivity index is 2.03. The minimum Gasteiger partial charge on any atom is -0.326 e. The molecule has 22 heavy (non-hydrogen) atoms. The van der Waals surface area contributed by atoms with Gasteiger partial charge in [-0.2, -0.15) is 0 Å². The van der Waals surface area contributed by atoms with Gasteiger partial charge in [-0.15, -0.1) is 0 Å². The minimum absolute atomic E-state index is 0.0750. The van der Waals surface area contributed by atoms with Crippen LogP contribution in [0.15, 0.2) is 23.1 Å². The Labute approximate surface area is 131 Å². The van der Waals surface area contributed by atoms with Crippen molar-refractivity contribution < 1.29 is 13.2 Å². The number of anilines is 1. The van der Waals surface area contributed by atoms with Gasteiger partial charge in [0.05, 0.1) is 4.90 Å². The maximum absolute atomic E-state index is 12.1. The first-order valence-corrected chi connectivity index (χ1v) is 8.96. The average molecular weight is 325 g/mol. The Hall–Kier alpha value is -1.44. The third-order valence-electron chi connectivity index (χ3n) is 4.06. The van der Waals surface area contributed by atoms with E-state index in [1.165, 1.54) is 13.1 Å². The summed E-state index contributed by atoms with van der Waals surface area (Å²) in [7, 11) is -2.15. The first-order valence-electron chi connectivity index (χ1n) is 7.48. The van der Waals surface area contributed by atoms with Crippen LogP contribution in [-0.2, 0) is 14.8 Å². The number of rotatable bonds is 6. The fraction of sp³-hybridized carbons (Fsp3) is 0.533. The van der Waals surface area contributed by atoms with E-state index < -0.39 is 10.0 Å². The van der Waals surface area contributed by atoms with Crippen molar-refractivity contribution in [2.75, 3.05) is 25.5 Å². The van der Waals surface area contributed by atoms with Crippen molar-refractivity contribution in [3.63, 3.8) is 0 Å². The van der Waals surface area contributed by atoms with E-state index in [9.17, 15) is 13.2 Å². The summed E-state index contributed by atoms with van der Waals surface area (Å²) in [5.41, 5.74) is 1.10. The van der Waals surface area contributed by atoms with Gasteiger partial charge in [-0.1, -0.05) is 6.07 Å². The molecular formula is C15H23N3O3S. The van der Waals surface area contributed by atoms with Crippen LogP contribution in [0.1, 0.15) is 24.8 Å². The van der Waals surface area contributed by atoms with Crippen LogP contribution in [0.3, 0.4) is 0 Å². The van der Waals surface area contributed by atoms with E-state index in [0.717, 1.165) is 25.9 Å². The van der Waals surface area contributed by atoms with Crippen molar-refractivity contribution in [2.24, 2.45) is 5.92 Å². The molecule has 7 heteroatoms. The van der Waals surface area contributed by atoms with Crippen LogP contribution >= 0.6 is 0 Å². The quantitative estimate of drug-likeness (QED) is 0.734. The molecular weight excluding hydrogens is 302 g/mol. The number of amides is 1. The number of nitrogens with one attached hydrogen (secondary N) is 3. The van der Waals surface area contributed by atoms with Crippen molar-refractivity contribution in [1.29, 1.82) is 0 Å². The van der Waals surface area contributed by atoms with E-state index in [-0.39, 0.29) is 10.8 Å². The average Bonchev–Trinajstić information content (AvgIpc) is 3.00. The SMILES string of the molecule is CNS(=O)(=O)c1cccc(NC(=O)CCC2CCNC2)c1C. The summed E-state index contributed by atoms with van der Waals surface area (Å²) in [6, 6.07) is 4.88. The second kappa shape index (κ2) is 7.21. The van der Waals surface area contributed by atoms with E-state index >= 15 is 0 Å². The van der Waals surface area contributed by atoms with Crippen LogP contribution < -0.4 is 15.4 Å². The lowest BCUT2D eigenvalue weighted by molar-refractivity contribution is -0.116. The Morgan fingerprint density at radius 2 is 2.18 bits per heavy atom. The summed E-state index contributed by atoms with van der Waals surface area (Å²) < 4.78 is 26.2. The third kappa shape index (κ3) is 4.06. The number of hydrogen-bond donors (Lipinski definition) is 3. The van der Waals surface area contributed by atoms with Crippen LogP contribution in [0.2, 0.25) is 0 Å². The molecule has 0 radical (unpaired) electrons. The van der Waals surface area contributed by atoms with Gasteiger partial charge in [0.2, 0.25) is 15.9 Å². The summed E-state index contributed by atoms with van der Waals surface area (Å²) in [4.78, 5) is 12.2. The monoisotopic (exact) mass is 325 g/mol. The molecule has 0 aromatic heterocycles. The lowest BCUT2D eigenvalue weighted by Crippen LogP contribution is -2.21. The molecule has 2 rings (SSSR count). The highest BCUT2D eigenvalue weighted by molar-refractivity contribution is 7.89. The predicted molar refractivity (Wildman–Crippen MR) is 86.3 cm³/mol. The first-order chi connectivity index (χ1) is 10.4. The van der Waals surface area contributed by atoms with E-state index in [2.05, 4.69) is 15.4 Å². The van der Waals surface area contributed by atoms with E-state index in [0.29, 0.717) is 23.6 Å². The molecule has 1 fully saturated rings. The second-order valence-electron chi connectivity index (χ2n) is 5.58. The topological polar surface area (TPSA) is 87.3 Å². The maximum Gasteiger partial charge on any atom is 0.240 e. The molecule has 1 aromatic rings. The zero-order chi connectivity index (χ0) is 16.2. The van der Waals surface area contributed by atoms with Crippen LogP contribution in [-0.4, -0.2) is 34.5 Å². The Morgan fingerprint density at radius 3 is 2.82 bits per heavy atom. The molecule has 1 aromatic carbocycles. The summed E-state index contributed by atoms with van der Waals surface area (Å²) in [6.45, 7) is 3.69. The lowest BCUT2D eigenvalue weighted by atomic mass is 10.0. The molecule has 3 N–H and O–H groups in total. The van der Waals surface area contributed by atoms with Gasteiger partial charge >= 0.3 is 0 Å². The highest BCUT2D eigenvalue weighted by Gasteiger charge is 2.18. The van der Waals surface area contributed by atoms with Gasteiger partial charge in [-0.05, 0) is 63.5 Å². The first kappa shape index (κ1) is 16.9. The summed E-state index contributed by atoms with van der Waals surface area (Å²) >= 11 is 0. The zero-order valence-corrected chi connectivity index (χ0v) is 13.8. The highest BCUT2D eigenvalue weighted by Crippen LogP contribution is 2.23. The largest absolute Gasteiger partial charge is 0.326 e. The molecule has 1 atom stereocenters. The van der Waals surface area contributed by atoms with Gasteiger partial charge in [0, 0.05) is 12.1 Å². The number of sulfonamides is 1. The van der Waals surface area contributed by atoms with Crippen molar-refractivity contribution >= 4 is 21.6 Å². The van der Waals surface area contributed by atoms with Crippen molar-refractivity contribution in [2.45, 2.75) is 31.1 Å². The summed E-state index contributed by atoms with van der Waals surface area (Å²) in [6.07, 6.45) is 2.42. The van der Waals surface area contributed by atoms with Crippen molar-refractivity contribution in [3.05, 3.63) is 23.8 Å². The zero-order valence-electron chi connectivity index (χ0n) is 13.0. The lowest BCUT2D eigenvalue weighted by Gasteiger charge is -2.13. The molecule has 1 saturated heterocycles. The number of carbonyl (C=O) groups is 1. The van der Waals surface area contributed by atoms with Crippen molar-refractivity contribution in [3.8, 4) is 0 Å². The molecule has 0 aliphatic carbocycles. The molecule has 122 valence electrons. The van der Waals surface area contributed by atoms with Gasteiger partial charge in [-0.25, -0.2) is 13.1 Å². The normalized spacial score (nSPS) is 18.4. The fourth-order valence-electron chi connectivity index (χ4n) is 2.66. The van der Waals surface area contributed by atoms with E-state index in [1.54, 1.807) is 19.1 Å². The molecule has 1 aliphatic heterocycles. The number of hydrogen-bond acceptors (Lipinski definition) is 4. The smallest absolute Gasteiger partial charge is 0.240 e. The standard InChI is InChI=1S/C15H23N3O3S/c1-11-13(4-3-5-14(11)22(20,21)16-2)18-15(19)7-6-12-8-9-17-10-12/h3-5,12,16-17H,6-10H2,1-2H3,(H,18,19). The van der Waals surface area contributed by atoms with Crippen LogP contribution in [0, 0.1) is 12.8 Å². The Bertz CT molecular complexity index is 637. The predicted octanol–water partition coefficient (Wildman–Crippen LogP) is 1.23. The maximum atomic E-state index is 12.1. The van der Waals surface area contributed by atoms with Crippen LogP contribution in [0.4, 0.5) is 5.69 Å². The van der Waals surface area contributed by atoms with Crippen molar-refractivity contribution in [1.82, 2.24) is 10.0 Å². The molecule has 6 nitrogen and oxygen atoms in total. The van der Waals surface area contributed by atoms with Gasteiger partial charge in [-0.3, -0.25) is 4.79 Å². The van der Waals surface area contributed by atoms with E-state index in [1.807, 2.05) is 0 Å². The molecule has 0 bridgehead atoms. The van der Waals surface area contributed by atoms with Gasteiger partial charge in [0.1, 0.15) is 0 Å². The summed E-state index contributed by atoms with van der Waals surface area (Å²) in [5.74, 6) is 0.483. The highest BCUT2D eigenvalue weighted by atomic mass is 32.2. The molecule has 0 spiro atoms. The molecule has 1 unspecified atom stereocenters. The minimum atomic E-state index is -3.52. The van der Waals surface area contributed by atoms with Crippen LogP contribution in [0.25, 0.3) is 0 Å². The molecule has 1 aliphatic rings. The molecule has 1 amide bonds. The third-order valence-corrected chi connectivity index (χ3v) is 5.62. The molecule has 0 saturated carbocycles. The van der Waals surface area contributed by atoms with Gasteiger partial charge in [0.15, 0.2) is 0 Å². The van der Waals surface area contributed by atoms with E-state index in [4.69, 9.17) is 0 Å². The number of benzene rings is 1.